The number of rotatable bonds is 6. The fourth-order valence-electron chi connectivity index (χ4n) is 3.00. The van der Waals surface area contributed by atoms with Gasteiger partial charge in [0.15, 0.2) is 16.8 Å². The summed E-state index contributed by atoms with van der Waals surface area (Å²) in [5.74, 6) is 0.387. The van der Waals surface area contributed by atoms with Crippen LogP contribution in [0.15, 0.2) is 72.1 Å². The van der Waals surface area contributed by atoms with Gasteiger partial charge in [-0.25, -0.2) is 4.39 Å². The molecule has 4 aromatic rings. The zero-order valence-electron chi connectivity index (χ0n) is 16.5. The lowest BCUT2D eigenvalue weighted by Gasteiger charge is -2.12. The number of benzene rings is 2. The van der Waals surface area contributed by atoms with E-state index >= 15 is 0 Å². The van der Waals surface area contributed by atoms with Crippen molar-refractivity contribution in [2.45, 2.75) is 19.0 Å². The minimum Gasteiger partial charge on any atom is -0.293 e. The van der Waals surface area contributed by atoms with Gasteiger partial charge in [0.1, 0.15) is 5.82 Å². The van der Waals surface area contributed by atoms with Crippen LogP contribution in [0.5, 0.6) is 0 Å². The van der Waals surface area contributed by atoms with Gasteiger partial charge in [-0.2, -0.15) is 0 Å². The van der Waals surface area contributed by atoms with Gasteiger partial charge < -0.3 is 0 Å². The van der Waals surface area contributed by atoms with Gasteiger partial charge in [0, 0.05) is 23.5 Å². The molecule has 2 heterocycles. The van der Waals surface area contributed by atoms with E-state index in [1.807, 2.05) is 22.8 Å². The van der Waals surface area contributed by atoms with E-state index in [0.29, 0.717) is 16.5 Å². The summed E-state index contributed by atoms with van der Waals surface area (Å²) in [5, 5.41) is 9.34. The van der Waals surface area contributed by atoms with E-state index in [0.717, 1.165) is 16.8 Å². The van der Waals surface area contributed by atoms with Crippen molar-refractivity contribution in [2.24, 2.45) is 0 Å². The van der Waals surface area contributed by atoms with Crippen LogP contribution in [0.1, 0.15) is 21.5 Å². The Balaban J connectivity index is 1.69. The zero-order valence-corrected chi connectivity index (χ0v) is 17.4. The number of hydrogen-bond acceptors (Lipinski definition) is 5. The van der Waals surface area contributed by atoms with E-state index in [1.165, 1.54) is 41.6 Å². The zero-order chi connectivity index (χ0) is 21.1. The maximum atomic E-state index is 13.1. The van der Waals surface area contributed by atoms with Crippen molar-refractivity contribution in [3.63, 3.8) is 0 Å². The van der Waals surface area contributed by atoms with Crippen LogP contribution in [0.4, 0.5) is 4.39 Å². The van der Waals surface area contributed by atoms with Crippen LogP contribution in [-0.4, -0.2) is 31.3 Å². The molecule has 0 aliphatic rings. The molecule has 0 atom stereocenters. The Hall–Kier alpha value is -3.32. The molecule has 2 aromatic heterocycles. The van der Waals surface area contributed by atoms with E-state index < -0.39 is 0 Å². The molecule has 0 bridgehead atoms. The molecule has 0 radical (unpaired) electrons. The molecule has 150 valence electrons. The number of ketones is 1. The van der Waals surface area contributed by atoms with Crippen LogP contribution >= 0.6 is 11.8 Å². The molecule has 0 saturated carbocycles. The Morgan fingerprint density at radius 2 is 1.70 bits per heavy atom. The van der Waals surface area contributed by atoms with Crippen LogP contribution in [-0.2, 0) is 0 Å². The summed E-state index contributed by atoms with van der Waals surface area (Å²) >= 11 is 1.31. The highest BCUT2D eigenvalue weighted by Gasteiger charge is 2.18. The second-order valence-electron chi connectivity index (χ2n) is 6.86. The number of Topliss-reactive ketones (excluding diaryl/α,β-unsaturated/α-hetero) is 1. The fraction of sp³-hybridized carbons (Fsp3) is 0.130. The van der Waals surface area contributed by atoms with Gasteiger partial charge in [0.25, 0.3) is 0 Å². The van der Waals surface area contributed by atoms with Crippen LogP contribution in [0.3, 0.4) is 0 Å². The summed E-state index contributed by atoms with van der Waals surface area (Å²) in [6, 6.07) is 15.5. The summed E-state index contributed by atoms with van der Waals surface area (Å²) < 4.78 is 15.1. The molecule has 0 spiro atoms. The maximum absolute atomic E-state index is 13.1. The van der Waals surface area contributed by atoms with Crippen molar-refractivity contribution < 1.29 is 9.18 Å². The topological polar surface area (TPSA) is 60.7 Å². The van der Waals surface area contributed by atoms with E-state index in [9.17, 15) is 9.18 Å². The fourth-order valence-corrected chi connectivity index (χ4v) is 3.84. The molecule has 0 fully saturated rings. The van der Waals surface area contributed by atoms with Gasteiger partial charge in [0.2, 0.25) is 0 Å². The minimum absolute atomic E-state index is 0.0971. The lowest BCUT2D eigenvalue weighted by molar-refractivity contribution is 0.102. The van der Waals surface area contributed by atoms with Crippen molar-refractivity contribution >= 4 is 17.5 Å². The van der Waals surface area contributed by atoms with Crippen molar-refractivity contribution in [3.8, 4) is 17.1 Å². The first-order valence-corrected chi connectivity index (χ1v) is 10.4. The lowest BCUT2D eigenvalue weighted by Crippen LogP contribution is -2.05. The number of pyridine rings is 1. The summed E-state index contributed by atoms with van der Waals surface area (Å²) in [7, 11) is 0. The second kappa shape index (κ2) is 8.59. The van der Waals surface area contributed by atoms with E-state index in [1.54, 1.807) is 12.4 Å². The Morgan fingerprint density at radius 1 is 0.967 bits per heavy atom. The molecule has 7 heteroatoms. The Morgan fingerprint density at radius 3 is 2.40 bits per heavy atom. The molecule has 0 aliphatic heterocycles. The summed E-state index contributed by atoms with van der Waals surface area (Å²) in [6.45, 7) is 4.12. The summed E-state index contributed by atoms with van der Waals surface area (Å²) in [6.07, 6.45) is 3.42. The monoisotopic (exact) mass is 418 g/mol. The SMILES string of the molecule is Cc1ccc(-n2c(SCC(=O)c3ccc(F)cc3)nnc2-c2ccncc2)cc1C. The number of carbonyl (C=O) groups is 1. The van der Waals surface area contributed by atoms with E-state index in [4.69, 9.17) is 0 Å². The van der Waals surface area contributed by atoms with Gasteiger partial charge in [-0.05, 0) is 73.5 Å². The van der Waals surface area contributed by atoms with Crippen molar-refractivity contribution in [1.29, 1.82) is 0 Å². The highest BCUT2D eigenvalue weighted by atomic mass is 32.2. The first-order valence-electron chi connectivity index (χ1n) is 9.38. The van der Waals surface area contributed by atoms with Crippen molar-refractivity contribution in [1.82, 2.24) is 19.7 Å². The lowest BCUT2D eigenvalue weighted by atomic mass is 10.1. The number of halogens is 1. The molecule has 30 heavy (non-hydrogen) atoms. The van der Waals surface area contributed by atoms with Gasteiger partial charge in [-0.3, -0.25) is 14.3 Å². The van der Waals surface area contributed by atoms with Gasteiger partial charge in [0.05, 0.1) is 11.4 Å². The largest absolute Gasteiger partial charge is 0.293 e. The van der Waals surface area contributed by atoms with E-state index in [2.05, 4.69) is 41.2 Å². The van der Waals surface area contributed by atoms with E-state index in [-0.39, 0.29) is 17.4 Å². The molecule has 0 N–H and O–H groups in total. The van der Waals surface area contributed by atoms with Gasteiger partial charge in [-0.1, -0.05) is 17.8 Å². The van der Waals surface area contributed by atoms with Crippen molar-refractivity contribution in [2.75, 3.05) is 5.75 Å². The molecular weight excluding hydrogens is 399 g/mol. The van der Waals surface area contributed by atoms with Crippen LogP contribution in [0, 0.1) is 19.7 Å². The number of hydrogen-bond donors (Lipinski definition) is 0. The van der Waals surface area contributed by atoms with Crippen LogP contribution in [0.25, 0.3) is 17.1 Å². The molecule has 2 aromatic carbocycles. The van der Waals surface area contributed by atoms with Crippen LogP contribution < -0.4 is 0 Å². The quantitative estimate of drug-likeness (QED) is 0.324. The first kappa shape index (κ1) is 20.0. The predicted molar refractivity (Wildman–Crippen MR) is 116 cm³/mol. The Kier molecular flexibility index (Phi) is 5.72. The smallest absolute Gasteiger partial charge is 0.196 e. The molecule has 0 saturated heterocycles. The number of aromatic nitrogens is 4. The molecule has 0 aliphatic carbocycles. The third kappa shape index (κ3) is 4.16. The predicted octanol–water partition coefficient (Wildman–Crippen LogP) is 5.06. The van der Waals surface area contributed by atoms with Crippen LogP contribution in [0.2, 0.25) is 0 Å². The summed E-state index contributed by atoms with van der Waals surface area (Å²) in [4.78, 5) is 16.6. The van der Waals surface area contributed by atoms with Gasteiger partial charge in [-0.15, -0.1) is 10.2 Å². The number of nitrogens with zero attached hydrogens (tertiary/aromatic N) is 4. The average molecular weight is 418 g/mol. The maximum Gasteiger partial charge on any atom is 0.196 e. The number of thioether (sulfide) groups is 1. The standard InChI is InChI=1S/C23H19FN4OS/c1-15-3-8-20(13-16(15)2)28-22(18-9-11-25-12-10-18)26-27-23(28)30-14-21(29)17-4-6-19(24)7-5-17/h3-13H,14H2,1-2H3. The molecule has 0 unspecified atom stereocenters. The highest BCUT2D eigenvalue weighted by Crippen LogP contribution is 2.29. The summed E-state index contributed by atoms with van der Waals surface area (Å²) in [5.41, 5.74) is 4.62. The molecular formula is C23H19FN4OS. The average Bonchev–Trinajstić information content (AvgIpc) is 3.19. The Labute approximate surface area is 178 Å². The Bertz CT molecular complexity index is 1190. The molecule has 0 amide bonds. The number of carbonyl (C=O) groups excluding carboxylic acids is 1. The first-order chi connectivity index (χ1) is 14.5. The second-order valence-corrected chi connectivity index (χ2v) is 7.81. The minimum atomic E-state index is -0.365. The van der Waals surface area contributed by atoms with Gasteiger partial charge >= 0.3 is 0 Å². The third-order valence-electron chi connectivity index (χ3n) is 4.82. The normalized spacial score (nSPS) is 10.9. The highest BCUT2D eigenvalue weighted by molar-refractivity contribution is 7.99. The third-order valence-corrected chi connectivity index (χ3v) is 5.75. The molecule has 4 rings (SSSR count). The number of aryl methyl sites for hydroxylation is 2. The molecule has 5 nitrogen and oxygen atoms in total. The van der Waals surface area contributed by atoms with Crippen molar-refractivity contribution in [3.05, 3.63) is 89.5 Å².